The van der Waals surface area contributed by atoms with Gasteiger partial charge >= 0.3 is 0 Å². The normalized spacial score (nSPS) is 9.33. The number of hydrogen-bond donors (Lipinski definition) is 0. The first kappa shape index (κ1) is 14.4. The largest absolute Gasteiger partial charge is 0.255 e. The van der Waals surface area contributed by atoms with E-state index in [0.717, 1.165) is 9.78 Å². The van der Waals surface area contributed by atoms with Crippen LogP contribution in [-0.4, -0.2) is 11.8 Å². The minimum atomic E-state index is 0.700. The fourth-order valence-corrected chi connectivity index (χ4v) is 1.41. The third kappa shape index (κ3) is 5.11. The molecule has 3 heteroatoms. The van der Waals surface area contributed by atoms with Crippen molar-refractivity contribution in [3.8, 4) is 0 Å². The standard InChI is InChI=1S/C8H10NO.C7H7Cl/c1-7-3-5-8(6-4-7)9(2)10;1-6-2-4-7(8)5-3-6/h3-6H,1-2H3;2-5H,1H3/q+1;. The van der Waals surface area contributed by atoms with Crippen LogP contribution in [0.3, 0.4) is 0 Å². The van der Waals surface area contributed by atoms with Crippen LogP contribution < -0.4 is 0 Å². The van der Waals surface area contributed by atoms with E-state index in [1.807, 2.05) is 62.4 Å². The van der Waals surface area contributed by atoms with Gasteiger partial charge in [-0.05, 0) is 26.0 Å². The summed E-state index contributed by atoms with van der Waals surface area (Å²) >= 11 is 5.61. The molecule has 0 saturated carbocycles. The molecule has 0 aliphatic heterocycles. The molecule has 2 aromatic rings. The molecule has 0 N–H and O–H groups in total. The maximum absolute atomic E-state index is 10.7. The smallest absolute Gasteiger partial charge is 0.0843 e. The summed E-state index contributed by atoms with van der Waals surface area (Å²) in [6.45, 7) is 4.03. The van der Waals surface area contributed by atoms with Crippen LogP contribution in [0.15, 0.2) is 48.5 Å². The summed E-state index contributed by atoms with van der Waals surface area (Å²) in [5, 5.41) is 0.801. The van der Waals surface area contributed by atoms with E-state index in [2.05, 4.69) is 0 Å². The summed E-state index contributed by atoms with van der Waals surface area (Å²) < 4.78 is 0.847. The molecular formula is C15H17ClNO+. The van der Waals surface area contributed by atoms with Gasteiger partial charge in [-0.25, -0.2) is 0 Å². The average Bonchev–Trinajstić information content (AvgIpc) is 2.34. The van der Waals surface area contributed by atoms with Crippen molar-refractivity contribution in [3.63, 3.8) is 0 Å². The molecule has 0 heterocycles. The van der Waals surface area contributed by atoms with E-state index in [1.54, 1.807) is 0 Å². The van der Waals surface area contributed by atoms with E-state index < -0.39 is 0 Å². The molecule has 0 unspecified atom stereocenters. The second-order valence-electron chi connectivity index (χ2n) is 4.13. The Morgan fingerprint density at radius 1 is 0.833 bits per heavy atom. The van der Waals surface area contributed by atoms with Crippen LogP contribution in [0, 0.1) is 18.8 Å². The molecule has 2 aromatic carbocycles. The summed E-state index contributed by atoms with van der Waals surface area (Å²) in [4.78, 5) is 10.7. The topological polar surface area (TPSA) is 20.1 Å². The van der Waals surface area contributed by atoms with Crippen molar-refractivity contribution in [3.05, 3.63) is 69.6 Å². The lowest BCUT2D eigenvalue weighted by molar-refractivity contribution is -0.428. The fourth-order valence-electron chi connectivity index (χ4n) is 1.29. The van der Waals surface area contributed by atoms with Crippen LogP contribution in [0.5, 0.6) is 0 Å². The van der Waals surface area contributed by atoms with Crippen LogP contribution >= 0.6 is 11.6 Å². The highest BCUT2D eigenvalue weighted by Crippen LogP contribution is 2.09. The zero-order valence-electron chi connectivity index (χ0n) is 10.9. The molecule has 0 aromatic heterocycles. The summed E-state index contributed by atoms with van der Waals surface area (Å²) in [6, 6.07) is 15.2. The van der Waals surface area contributed by atoms with Gasteiger partial charge in [0, 0.05) is 26.8 Å². The van der Waals surface area contributed by atoms with Gasteiger partial charge in [0.25, 0.3) is 5.69 Å². The molecule has 2 nitrogen and oxygen atoms in total. The van der Waals surface area contributed by atoms with Gasteiger partial charge in [0.2, 0.25) is 0 Å². The first-order valence-corrected chi connectivity index (χ1v) is 6.06. The molecule has 0 aliphatic carbocycles. The van der Waals surface area contributed by atoms with Gasteiger partial charge in [0.15, 0.2) is 7.05 Å². The number of nitrogens with zero attached hydrogens (tertiary/aromatic N) is 1. The van der Waals surface area contributed by atoms with Gasteiger partial charge < -0.3 is 0 Å². The van der Waals surface area contributed by atoms with Crippen molar-refractivity contribution in [2.45, 2.75) is 13.8 Å². The molecule has 0 atom stereocenters. The van der Waals surface area contributed by atoms with Gasteiger partial charge in [-0.2, -0.15) is 0 Å². The molecule has 0 fully saturated rings. The Balaban J connectivity index is 0.000000184. The Kier molecular flexibility index (Phi) is 5.53. The van der Waals surface area contributed by atoms with E-state index in [1.165, 1.54) is 18.2 Å². The van der Waals surface area contributed by atoms with Crippen LogP contribution in [-0.2, 0) is 0 Å². The SMILES string of the molecule is Cc1ccc(Cl)cc1.Cc1ccc([N+](C)=O)cc1. The van der Waals surface area contributed by atoms with Crippen molar-refractivity contribution >= 4 is 17.3 Å². The minimum absolute atomic E-state index is 0.700. The third-order valence-corrected chi connectivity index (χ3v) is 2.66. The minimum Gasteiger partial charge on any atom is -0.0843 e. The zero-order chi connectivity index (χ0) is 13.5. The van der Waals surface area contributed by atoms with Gasteiger partial charge in [0.05, 0.1) is 0 Å². The number of nitroso groups, excluding NO2 is 1. The molecule has 0 amide bonds. The maximum Gasteiger partial charge on any atom is 0.255 e. The number of benzene rings is 2. The molecule has 94 valence electrons. The maximum atomic E-state index is 10.7. The second-order valence-corrected chi connectivity index (χ2v) is 4.57. The van der Waals surface area contributed by atoms with Crippen molar-refractivity contribution < 1.29 is 4.76 Å². The van der Waals surface area contributed by atoms with E-state index in [-0.39, 0.29) is 0 Å². The van der Waals surface area contributed by atoms with E-state index in [9.17, 15) is 4.91 Å². The van der Waals surface area contributed by atoms with Crippen LogP contribution in [0.2, 0.25) is 5.02 Å². The fraction of sp³-hybridized carbons (Fsp3) is 0.200. The van der Waals surface area contributed by atoms with Crippen molar-refractivity contribution in [1.82, 2.24) is 0 Å². The molecule has 18 heavy (non-hydrogen) atoms. The summed E-state index contributed by atoms with van der Waals surface area (Å²) in [5.41, 5.74) is 3.12. The molecular weight excluding hydrogens is 246 g/mol. The Morgan fingerprint density at radius 2 is 1.22 bits per heavy atom. The molecule has 2 rings (SSSR count). The van der Waals surface area contributed by atoms with E-state index in [4.69, 9.17) is 11.6 Å². The predicted molar refractivity (Wildman–Crippen MR) is 76.6 cm³/mol. The van der Waals surface area contributed by atoms with Crippen LogP contribution in [0.1, 0.15) is 11.1 Å². The van der Waals surface area contributed by atoms with Gasteiger partial charge in [0.1, 0.15) is 0 Å². The van der Waals surface area contributed by atoms with Gasteiger partial charge in [-0.15, -0.1) is 0 Å². The Morgan fingerprint density at radius 3 is 1.56 bits per heavy atom. The number of hydrogen-bond acceptors (Lipinski definition) is 1. The summed E-state index contributed by atoms with van der Waals surface area (Å²) in [5.74, 6) is 0. The zero-order valence-corrected chi connectivity index (χ0v) is 11.6. The summed E-state index contributed by atoms with van der Waals surface area (Å²) in [7, 11) is 1.49. The van der Waals surface area contributed by atoms with Crippen LogP contribution in [0.25, 0.3) is 0 Å². The molecule has 0 spiro atoms. The number of rotatable bonds is 1. The lowest BCUT2D eigenvalue weighted by atomic mass is 10.2. The Hall–Kier alpha value is -1.67. The number of aryl methyl sites for hydroxylation is 2. The molecule has 0 aliphatic rings. The first-order valence-electron chi connectivity index (χ1n) is 5.69. The first-order chi connectivity index (χ1) is 8.49. The Labute approximate surface area is 113 Å². The molecule has 0 radical (unpaired) electrons. The lowest BCUT2D eigenvalue weighted by Crippen LogP contribution is -1.89. The lowest BCUT2D eigenvalue weighted by Gasteiger charge is -1.88. The predicted octanol–water partition coefficient (Wildman–Crippen LogP) is 4.68. The third-order valence-electron chi connectivity index (χ3n) is 2.41. The highest BCUT2D eigenvalue weighted by atomic mass is 35.5. The second kappa shape index (κ2) is 6.92. The van der Waals surface area contributed by atoms with Gasteiger partial charge in [-0.1, -0.05) is 47.0 Å². The number of halogens is 1. The highest BCUT2D eigenvalue weighted by molar-refractivity contribution is 6.30. The summed E-state index contributed by atoms with van der Waals surface area (Å²) in [6.07, 6.45) is 0. The highest BCUT2D eigenvalue weighted by Gasteiger charge is 2.02. The van der Waals surface area contributed by atoms with E-state index in [0.29, 0.717) is 5.69 Å². The monoisotopic (exact) mass is 262 g/mol. The van der Waals surface area contributed by atoms with E-state index >= 15 is 0 Å². The van der Waals surface area contributed by atoms with Crippen molar-refractivity contribution in [2.75, 3.05) is 7.05 Å². The molecule has 0 bridgehead atoms. The van der Waals surface area contributed by atoms with Crippen molar-refractivity contribution in [1.29, 1.82) is 0 Å². The van der Waals surface area contributed by atoms with Gasteiger partial charge in [-0.3, -0.25) is 0 Å². The molecule has 0 saturated heterocycles. The average molecular weight is 263 g/mol. The quantitative estimate of drug-likeness (QED) is 0.683. The Bertz CT molecular complexity index is 482. The van der Waals surface area contributed by atoms with Crippen LogP contribution in [0.4, 0.5) is 5.69 Å². The van der Waals surface area contributed by atoms with Crippen molar-refractivity contribution in [2.24, 2.45) is 0 Å².